The number of aliphatic hydroxyl groups excluding tert-OH is 1. The maximum absolute atomic E-state index is 9.00. The van der Waals surface area contributed by atoms with E-state index in [0.717, 1.165) is 11.3 Å². The summed E-state index contributed by atoms with van der Waals surface area (Å²) in [5.41, 5.74) is 3.27. The first kappa shape index (κ1) is 11.4. The summed E-state index contributed by atoms with van der Waals surface area (Å²) in [6, 6.07) is 12.4. The molecule has 2 nitrogen and oxygen atoms in total. The second-order valence-electron chi connectivity index (χ2n) is 4.17. The highest BCUT2D eigenvalue weighted by Crippen LogP contribution is 2.31. The van der Waals surface area contributed by atoms with Gasteiger partial charge in [0.2, 0.25) is 0 Å². The smallest absolute Gasteiger partial charge is 0.0719 e. The zero-order chi connectivity index (χ0) is 12.4. The molecule has 2 heterocycles. The van der Waals surface area contributed by atoms with Crippen molar-refractivity contribution in [2.75, 3.05) is 6.61 Å². The van der Waals surface area contributed by atoms with E-state index in [1.165, 1.54) is 15.6 Å². The van der Waals surface area contributed by atoms with Crippen LogP contribution in [-0.4, -0.2) is 16.7 Å². The van der Waals surface area contributed by atoms with Crippen molar-refractivity contribution in [1.82, 2.24) is 4.98 Å². The van der Waals surface area contributed by atoms with E-state index in [0.29, 0.717) is 6.42 Å². The Kier molecular flexibility index (Phi) is 3.09. The summed E-state index contributed by atoms with van der Waals surface area (Å²) in [5, 5.41) is 12.4. The predicted octanol–water partition coefficient (Wildman–Crippen LogP) is 3.50. The lowest BCUT2D eigenvalue weighted by Gasteiger charge is -2.05. The van der Waals surface area contributed by atoms with Gasteiger partial charge in [-0.25, -0.2) is 0 Å². The number of hydrogen-bond acceptors (Lipinski definition) is 3. The van der Waals surface area contributed by atoms with E-state index in [2.05, 4.69) is 40.7 Å². The number of aromatic nitrogens is 1. The molecule has 0 aliphatic heterocycles. The Labute approximate surface area is 110 Å². The minimum Gasteiger partial charge on any atom is -0.396 e. The van der Waals surface area contributed by atoms with Gasteiger partial charge in [-0.3, -0.25) is 4.98 Å². The molecule has 1 aromatic carbocycles. The summed E-state index contributed by atoms with van der Waals surface area (Å²) in [5.74, 6) is 0. The zero-order valence-electron chi connectivity index (χ0n) is 9.84. The highest BCUT2D eigenvalue weighted by molar-refractivity contribution is 7.17. The third-order valence-electron chi connectivity index (χ3n) is 2.98. The number of benzene rings is 1. The zero-order valence-corrected chi connectivity index (χ0v) is 10.7. The Morgan fingerprint density at radius 3 is 3.00 bits per heavy atom. The van der Waals surface area contributed by atoms with Crippen LogP contribution in [0.5, 0.6) is 0 Å². The number of pyridine rings is 1. The Hall–Kier alpha value is -1.71. The topological polar surface area (TPSA) is 33.1 Å². The van der Waals surface area contributed by atoms with Gasteiger partial charge in [-0.2, -0.15) is 0 Å². The van der Waals surface area contributed by atoms with Crippen LogP contribution in [0.15, 0.2) is 48.0 Å². The highest BCUT2D eigenvalue weighted by atomic mass is 32.1. The molecule has 0 amide bonds. The van der Waals surface area contributed by atoms with Crippen molar-refractivity contribution in [3.63, 3.8) is 0 Å². The van der Waals surface area contributed by atoms with Gasteiger partial charge in [-0.1, -0.05) is 18.2 Å². The van der Waals surface area contributed by atoms with Crippen LogP contribution < -0.4 is 0 Å². The largest absolute Gasteiger partial charge is 0.396 e. The molecule has 0 unspecified atom stereocenters. The number of aliphatic hydroxyl groups is 1. The fraction of sp³-hybridized carbons (Fsp3) is 0.133. The predicted molar refractivity (Wildman–Crippen MR) is 75.8 cm³/mol. The summed E-state index contributed by atoms with van der Waals surface area (Å²) < 4.78 is 1.27. The maximum Gasteiger partial charge on any atom is 0.0719 e. The molecule has 3 aromatic rings. The van der Waals surface area contributed by atoms with E-state index in [1.807, 2.05) is 12.3 Å². The molecular formula is C15H13NOS. The normalized spacial score (nSPS) is 10.9. The Morgan fingerprint density at radius 2 is 2.11 bits per heavy atom. The molecule has 0 atom stereocenters. The SMILES string of the molecule is OCCc1ccnc(-c2cccc3ccsc23)c1. The van der Waals surface area contributed by atoms with E-state index < -0.39 is 0 Å². The number of hydrogen-bond donors (Lipinski definition) is 1. The van der Waals surface area contributed by atoms with Crippen LogP contribution in [0.1, 0.15) is 5.56 Å². The van der Waals surface area contributed by atoms with Crippen molar-refractivity contribution >= 4 is 21.4 Å². The third kappa shape index (κ3) is 2.03. The summed E-state index contributed by atoms with van der Waals surface area (Å²) >= 11 is 1.74. The molecule has 0 spiro atoms. The molecule has 90 valence electrons. The van der Waals surface area contributed by atoms with Crippen molar-refractivity contribution in [3.8, 4) is 11.3 Å². The van der Waals surface area contributed by atoms with Gasteiger partial charge in [0, 0.05) is 23.1 Å². The van der Waals surface area contributed by atoms with Crippen LogP contribution in [0.4, 0.5) is 0 Å². The van der Waals surface area contributed by atoms with Gasteiger partial charge >= 0.3 is 0 Å². The molecule has 0 saturated heterocycles. The van der Waals surface area contributed by atoms with E-state index in [1.54, 1.807) is 11.3 Å². The van der Waals surface area contributed by atoms with Gasteiger partial charge in [0.1, 0.15) is 0 Å². The molecule has 0 aliphatic rings. The Morgan fingerprint density at radius 1 is 1.17 bits per heavy atom. The molecule has 2 aromatic heterocycles. The molecule has 3 rings (SSSR count). The van der Waals surface area contributed by atoms with Gasteiger partial charge in [0.25, 0.3) is 0 Å². The first-order valence-electron chi connectivity index (χ1n) is 5.91. The van der Waals surface area contributed by atoms with Crippen molar-refractivity contribution in [2.45, 2.75) is 6.42 Å². The molecule has 18 heavy (non-hydrogen) atoms. The van der Waals surface area contributed by atoms with Gasteiger partial charge in [-0.15, -0.1) is 11.3 Å². The van der Waals surface area contributed by atoms with E-state index >= 15 is 0 Å². The lowest BCUT2D eigenvalue weighted by Crippen LogP contribution is -1.92. The second-order valence-corrected chi connectivity index (χ2v) is 5.08. The molecule has 0 saturated carbocycles. The van der Waals surface area contributed by atoms with Crippen LogP contribution in [0, 0.1) is 0 Å². The van der Waals surface area contributed by atoms with Crippen LogP contribution >= 0.6 is 11.3 Å². The molecule has 0 aliphatic carbocycles. The second kappa shape index (κ2) is 4.88. The van der Waals surface area contributed by atoms with Gasteiger partial charge < -0.3 is 5.11 Å². The minimum atomic E-state index is 0.173. The number of rotatable bonds is 3. The van der Waals surface area contributed by atoms with E-state index in [4.69, 9.17) is 5.11 Å². The maximum atomic E-state index is 9.00. The van der Waals surface area contributed by atoms with Gasteiger partial charge in [0.05, 0.1) is 5.69 Å². The molecule has 3 heteroatoms. The van der Waals surface area contributed by atoms with Crippen LogP contribution in [-0.2, 0) is 6.42 Å². The summed E-state index contributed by atoms with van der Waals surface area (Å²) in [7, 11) is 0. The molecule has 0 radical (unpaired) electrons. The molecule has 0 bridgehead atoms. The fourth-order valence-corrected chi connectivity index (χ4v) is 3.02. The minimum absolute atomic E-state index is 0.173. The first-order chi connectivity index (χ1) is 8.88. The van der Waals surface area contributed by atoms with Gasteiger partial charge in [0.15, 0.2) is 0 Å². The molecule has 1 N–H and O–H groups in total. The van der Waals surface area contributed by atoms with Crippen LogP contribution in [0.2, 0.25) is 0 Å². The monoisotopic (exact) mass is 255 g/mol. The number of nitrogens with zero attached hydrogens (tertiary/aromatic N) is 1. The van der Waals surface area contributed by atoms with E-state index in [-0.39, 0.29) is 6.61 Å². The number of thiophene rings is 1. The van der Waals surface area contributed by atoms with Crippen LogP contribution in [0.3, 0.4) is 0 Å². The average molecular weight is 255 g/mol. The summed E-state index contributed by atoms with van der Waals surface area (Å²) in [6.07, 6.45) is 2.49. The summed E-state index contributed by atoms with van der Waals surface area (Å²) in [4.78, 5) is 4.45. The fourth-order valence-electron chi connectivity index (χ4n) is 2.10. The lowest BCUT2D eigenvalue weighted by atomic mass is 10.1. The number of fused-ring (bicyclic) bond motifs is 1. The summed E-state index contributed by atoms with van der Waals surface area (Å²) in [6.45, 7) is 0.173. The van der Waals surface area contributed by atoms with E-state index in [9.17, 15) is 0 Å². The quantitative estimate of drug-likeness (QED) is 0.777. The van der Waals surface area contributed by atoms with Crippen molar-refractivity contribution in [1.29, 1.82) is 0 Å². The third-order valence-corrected chi connectivity index (χ3v) is 3.94. The Bertz CT molecular complexity index is 675. The Balaban J connectivity index is 2.13. The van der Waals surface area contributed by atoms with Crippen molar-refractivity contribution in [3.05, 3.63) is 53.5 Å². The van der Waals surface area contributed by atoms with Gasteiger partial charge in [-0.05, 0) is 40.9 Å². The van der Waals surface area contributed by atoms with Crippen molar-refractivity contribution < 1.29 is 5.11 Å². The standard InChI is InChI=1S/C15H13NOS/c17-8-5-11-4-7-16-14(10-11)13-3-1-2-12-6-9-18-15(12)13/h1-4,6-7,9-10,17H,5,8H2. The average Bonchev–Trinajstić information content (AvgIpc) is 2.87. The van der Waals surface area contributed by atoms with Crippen LogP contribution in [0.25, 0.3) is 21.3 Å². The van der Waals surface area contributed by atoms with Crippen molar-refractivity contribution in [2.24, 2.45) is 0 Å². The molecular weight excluding hydrogens is 242 g/mol. The highest BCUT2D eigenvalue weighted by Gasteiger charge is 2.06. The molecule has 0 fully saturated rings. The lowest BCUT2D eigenvalue weighted by molar-refractivity contribution is 0.299. The first-order valence-corrected chi connectivity index (χ1v) is 6.79.